The molecule has 1 atom stereocenters. The molecule has 7 nitrogen and oxygen atoms in total. The third-order valence-electron chi connectivity index (χ3n) is 5.02. The molecule has 0 aliphatic rings. The van der Waals surface area contributed by atoms with Crippen LogP contribution in [0.4, 0.5) is 24.5 Å². The van der Waals surface area contributed by atoms with E-state index in [9.17, 15) is 31.5 Å². The zero-order valence-corrected chi connectivity index (χ0v) is 19.4. The number of nitrogens with one attached hydrogen (secondary N) is 2. The minimum absolute atomic E-state index is 0.0955. The van der Waals surface area contributed by atoms with Gasteiger partial charge in [-0.2, -0.15) is 0 Å². The van der Waals surface area contributed by atoms with Crippen LogP contribution in [-0.2, 0) is 21.2 Å². The molecular formula is C24H23F3N2O5S. The maximum Gasteiger partial charge on any atom is 0.573 e. The molecule has 0 saturated heterocycles. The predicted octanol–water partition coefficient (Wildman–Crippen LogP) is 4.66. The normalized spacial score (nSPS) is 12.6. The van der Waals surface area contributed by atoms with Gasteiger partial charge in [-0.1, -0.05) is 43.3 Å². The van der Waals surface area contributed by atoms with Gasteiger partial charge in [0, 0.05) is 11.8 Å². The number of aliphatic hydroxyl groups excluding tert-OH is 1. The Morgan fingerprint density at radius 1 is 1.00 bits per heavy atom. The van der Waals surface area contributed by atoms with Gasteiger partial charge in [-0.15, -0.1) is 13.2 Å². The Labute approximate surface area is 200 Å². The van der Waals surface area contributed by atoms with Gasteiger partial charge in [-0.05, 0) is 47.9 Å². The number of aryl methyl sites for hydroxylation is 1. The van der Waals surface area contributed by atoms with Crippen LogP contribution >= 0.6 is 0 Å². The molecule has 0 heterocycles. The molecule has 0 saturated carbocycles. The summed E-state index contributed by atoms with van der Waals surface area (Å²) in [6.45, 7) is 1.31. The Bertz CT molecular complexity index is 1280. The lowest BCUT2D eigenvalue weighted by Gasteiger charge is -2.17. The first-order valence-electron chi connectivity index (χ1n) is 10.5. The predicted molar refractivity (Wildman–Crippen MR) is 125 cm³/mol. The van der Waals surface area contributed by atoms with Gasteiger partial charge in [-0.3, -0.25) is 9.52 Å². The first-order chi connectivity index (χ1) is 16.5. The summed E-state index contributed by atoms with van der Waals surface area (Å²) in [6, 6.07) is 17.4. The van der Waals surface area contributed by atoms with Crippen LogP contribution in [0.15, 0.2) is 77.7 Å². The number of carbonyl (C=O) groups excluding carboxylic acids is 1. The third-order valence-corrected chi connectivity index (χ3v) is 6.50. The summed E-state index contributed by atoms with van der Waals surface area (Å²) in [5, 5.41) is 12.4. The van der Waals surface area contributed by atoms with Crippen molar-refractivity contribution in [3.63, 3.8) is 0 Å². The number of rotatable bonds is 9. The summed E-state index contributed by atoms with van der Waals surface area (Å²) >= 11 is 0. The fourth-order valence-corrected chi connectivity index (χ4v) is 4.76. The molecule has 0 radical (unpaired) electrons. The van der Waals surface area contributed by atoms with Gasteiger partial charge in [-0.25, -0.2) is 8.42 Å². The van der Waals surface area contributed by atoms with Gasteiger partial charge in [0.1, 0.15) is 5.75 Å². The van der Waals surface area contributed by atoms with Crippen molar-refractivity contribution in [1.29, 1.82) is 0 Å². The Morgan fingerprint density at radius 2 is 1.71 bits per heavy atom. The monoisotopic (exact) mass is 508 g/mol. The number of hydrogen-bond donors (Lipinski definition) is 3. The standard InChI is InChI=1S/C24H23F3N2O5S/c1-2-16-13-18(28-23(31)21(15-30)17-7-4-3-5-8-17)11-12-22(16)35(32,33)29-19-9-6-10-20(14-19)34-24(25,26)27/h3-14,21,29-30H,2,15H2,1H3,(H,28,31)/t21-/m0/s1. The van der Waals surface area contributed by atoms with Gasteiger partial charge < -0.3 is 15.2 Å². The van der Waals surface area contributed by atoms with Crippen molar-refractivity contribution in [3.05, 3.63) is 83.9 Å². The fraction of sp³-hybridized carbons (Fsp3) is 0.208. The SMILES string of the molecule is CCc1cc(NC(=O)[C@@H](CO)c2ccccc2)ccc1S(=O)(=O)Nc1cccc(OC(F)(F)F)c1. The lowest BCUT2D eigenvalue weighted by molar-refractivity contribution is -0.274. The molecule has 0 aliphatic heterocycles. The lowest BCUT2D eigenvalue weighted by atomic mass is 9.99. The number of amides is 1. The number of anilines is 2. The topological polar surface area (TPSA) is 105 Å². The van der Waals surface area contributed by atoms with Crippen LogP contribution in [0.2, 0.25) is 0 Å². The second-order valence-corrected chi connectivity index (χ2v) is 9.14. The molecule has 0 unspecified atom stereocenters. The zero-order valence-electron chi connectivity index (χ0n) is 18.5. The smallest absolute Gasteiger partial charge is 0.406 e. The van der Waals surface area contributed by atoms with Crippen LogP contribution in [0.5, 0.6) is 5.75 Å². The summed E-state index contributed by atoms with van der Waals surface area (Å²) < 4.78 is 69.4. The Kier molecular flexibility index (Phi) is 8.03. The molecule has 0 aromatic heterocycles. The van der Waals surface area contributed by atoms with Crippen LogP contribution in [0.3, 0.4) is 0 Å². The Morgan fingerprint density at radius 3 is 2.34 bits per heavy atom. The van der Waals surface area contributed by atoms with E-state index < -0.39 is 40.6 Å². The van der Waals surface area contributed by atoms with Crippen molar-refractivity contribution in [2.24, 2.45) is 0 Å². The molecule has 1 amide bonds. The Hall–Kier alpha value is -3.57. The second-order valence-electron chi connectivity index (χ2n) is 7.49. The summed E-state index contributed by atoms with van der Waals surface area (Å²) in [5.74, 6) is -1.84. The lowest BCUT2D eigenvalue weighted by Crippen LogP contribution is -2.24. The minimum atomic E-state index is -4.91. The third kappa shape index (κ3) is 6.96. The number of alkyl halides is 3. The van der Waals surface area contributed by atoms with Crippen molar-refractivity contribution < 1.29 is 36.2 Å². The summed E-state index contributed by atoms with van der Waals surface area (Å²) in [5.41, 5.74) is 1.22. The van der Waals surface area contributed by atoms with Gasteiger partial charge >= 0.3 is 6.36 Å². The molecular weight excluding hydrogens is 485 g/mol. The van der Waals surface area contributed by atoms with Crippen molar-refractivity contribution in [1.82, 2.24) is 0 Å². The van der Waals surface area contributed by atoms with E-state index in [0.29, 0.717) is 23.2 Å². The number of sulfonamides is 1. The van der Waals surface area contributed by atoms with E-state index in [-0.39, 0.29) is 10.6 Å². The second kappa shape index (κ2) is 10.8. The van der Waals surface area contributed by atoms with Crippen LogP contribution < -0.4 is 14.8 Å². The van der Waals surface area contributed by atoms with Crippen molar-refractivity contribution in [2.45, 2.75) is 30.5 Å². The molecule has 0 bridgehead atoms. The zero-order chi connectivity index (χ0) is 25.6. The fourth-order valence-electron chi connectivity index (χ4n) is 3.42. The summed E-state index contributed by atoms with van der Waals surface area (Å²) in [7, 11) is -4.17. The van der Waals surface area contributed by atoms with Crippen molar-refractivity contribution >= 4 is 27.3 Å². The highest BCUT2D eigenvalue weighted by Gasteiger charge is 2.31. The molecule has 0 aliphatic carbocycles. The maximum absolute atomic E-state index is 13.0. The molecule has 35 heavy (non-hydrogen) atoms. The largest absolute Gasteiger partial charge is 0.573 e. The average molecular weight is 509 g/mol. The van der Waals surface area contributed by atoms with Crippen molar-refractivity contribution in [2.75, 3.05) is 16.6 Å². The molecule has 0 fully saturated rings. The van der Waals surface area contributed by atoms with E-state index >= 15 is 0 Å². The summed E-state index contributed by atoms with van der Waals surface area (Å²) in [4.78, 5) is 12.6. The molecule has 3 aromatic carbocycles. The van der Waals surface area contributed by atoms with E-state index in [4.69, 9.17) is 0 Å². The molecule has 0 spiro atoms. The highest BCUT2D eigenvalue weighted by atomic mass is 32.2. The van der Waals surface area contributed by atoms with Crippen LogP contribution in [0.1, 0.15) is 24.0 Å². The summed E-state index contributed by atoms with van der Waals surface area (Å²) in [6.07, 6.45) is -4.62. The number of halogens is 3. The van der Waals surface area contributed by atoms with Gasteiger partial charge in [0.25, 0.3) is 10.0 Å². The van der Waals surface area contributed by atoms with Crippen molar-refractivity contribution in [3.8, 4) is 5.75 Å². The van der Waals surface area contributed by atoms with Crippen LogP contribution in [0, 0.1) is 0 Å². The van der Waals surface area contributed by atoms with E-state index in [1.165, 1.54) is 30.3 Å². The van der Waals surface area contributed by atoms with Crippen LogP contribution in [0.25, 0.3) is 0 Å². The molecule has 3 rings (SSSR count). The molecule has 3 aromatic rings. The number of benzene rings is 3. The highest BCUT2D eigenvalue weighted by Crippen LogP contribution is 2.28. The molecule has 3 N–H and O–H groups in total. The minimum Gasteiger partial charge on any atom is -0.406 e. The number of aliphatic hydroxyl groups is 1. The Balaban J connectivity index is 1.81. The van der Waals surface area contributed by atoms with E-state index in [1.807, 2.05) is 0 Å². The number of ether oxygens (including phenoxy) is 1. The number of carbonyl (C=O) groups is 1. The van der Waals surface area contributed by atoms with E-state index in [1.54, 1.807) is 37.3 Å². The van der Waals surface area contributed by atoms with Gasteiger partial charge in [0.15, 0.2) is 0 Å². The molecule has 11 heteroatoms. The van der Waals surface area contributed by atoms with E-state index in [0.717, 1.165) is 12.1 Å². The molecule has 186 valence electrons. The number of hydrogen-bond acceptors (Lipinski definition) is 5. The van der Waals surface area contributed by atoms with Crippen LogP contribution in [-0.4, -0.2) is 32.4 Å². The van der Waals surface area contributed by atoms with E-state index in [2.05, 4.69) is 14.8 Å². The first kappa shape index (κ1) is 26.0. The average Bonchev–Trinajstić information content (AvgIpc) is 2.79. The quantitative estimate of drug-likeness (QED) is 0.390. The maximum atomic E-state index is 13.0. The van der Waals surface area contributed by atoms with Gasteiger partial charge in [0.2, 0.25) is 5.91 Å². The first-order valence-corrected chi connectivity index (χ1v) is 12.0. The van der Waals surface area contributed by atoms with Gasteiger partial charge in [0.05, 0.1) is 23.1 Å². The highest BCUT2D eigenvalue weighted by molar-refractivity contribution is 7.92.